The van der Waals surface area contributed by atoms with Gasteiger partial charge in [0.15, 0.2) is 5.78 Å². The number of benzene rings is 1. The van der Waals surface area contributed by atoms with Crippen molar-refractivity contribution >= 4 is 17.4 Å². The van der Waals surface area contributed by atoms with Crippen molar-refractivity contribution in [3.05, 3.63) is 41.1 Å². The Balaban J connectivity index is 1.89. The number of carbonyl (C=O) groups is 2. The fourth-order valence-corrected chi connectivity index (χ4v) is 3.99. The van der Waals surface area contributed by atoms with E-state index in [1.54, 1.807) is 0 Å². The van der Waals surface area contributed by atoms with E-state index < -0.39 is 0 Å². The van der Waals surface area contributed by atoms with Gasteiger partial charge in [-0.05, 0) is 36.8 Å². The molecule has 4 nitrogen and oxygen atoms in total. The lowest BCUT2D eigenvalue weighted by atomic mass is 9.73. The molecule has 0 saturated carbocycles. The average Bonchev–Trinajstić information content (AvgIpc) is 2.45. The maximum atomic E-state index is 12.5. The second kappa shape index (κ2) is 4.45. The largest absolute Gasteiger partial charge is 0.331 e. The third-order valence-electron chi connectivity index (χ3n) is 4.95. The zero-order chi connectivity index (χ0) is 15.5. The fourth-order valence-electron chi connectivity index (χ4n) is 3.99. The third-order valence-corrected chi connectivity index (χ3v) is 4.95. The van der Waals surface area contributed by atoms with Gasteiger partial charge in [-0.3, -0.25) is 9.59 Å². The Morgan fingerprint density at radius 1 is 1.18 bits per heavy atom. The van der Waals surface area contributed by atoms with E-state index in [0.717, 1.165) is 36.2 Å². The van der Waals surface area contributed by atoms with Gasteiger partial charge >= 0.3 is 0 Å². The van der Waals surface area contributed by atoms with Crippen molar-refractivity contribution in [2.45, 2.75) is 45.7 Å². The number of anilines is 1. The molecule has 114 valence electrons. The molecule has 1 aromatic carbocycles. The molecule has 0 aromatic heterocycles. The van der Waals surface area contributed by atoms with Crippen LogP contribution >= 0.6 is 0 Å². The van der Waals surface area contributed by atoms with Crippen LogP contribution in [0.5, 0.6) is 0 Å². The van der Waals surface area contributed by atoms with Gasteiger partial charge in [-0.1, -0.05) is 26.0 Å². The van der Waals surface area contributed by atoms with E-state index >= 15 is 0 Å². The summed E-state index contributed by atoms with van der Waals surface area (Å²) in [4.78, 5) is 27.0. The normalized spacial score (nSPS) is 26.1. The zero-order valence-electron chi connectivity index (χ0n) is 13.0. The van der Waals surface area contributed by atoms with Gasteiger partial charge < -0.3 is 10.2 Å². The Kier molecular flexibility index (Phi) is 2.74. The van der Waals surface area contributed by atoms with Gasteiger partial charge in [0.05, 0.1) is 11.3 Å². The number of allylic oxidation sites excluding steroid dienone is 2. The number of amides is 1. The van der Waals surface area contributed by atoms with Crippen LogP contribution in [-0.4, -0.2) is 17.9 Å². The molecule has 0 fully saturated rings. The summed E-state index contributed by atoms with van der Waals surface area (Å²) in [6, 6.07) is 7.68. The minimum Gasteiger partial charge on any atom is -0.331 e. The average molecular weight is 296 g/mol. The maximum Gasteiger partial charge on any atom is 0.255 e. The SMILES string of the molecule is CC1(C)CC(=O)C2=C(C1)N1c3ccccc3C(=O)NC1CC2. The van der Waals surface area contributed by atoms with Gasteiger partial charge in [-0.2, -0.15) is 0 Å². The van der Waals surface area contributed by atoms with E-state index in [-0.39, 0.29) is 23.3 Å². The number of Topliss-reactive ketones (excluding diaryl/α,β-unsaturated/α-hetero) is 1. The van der Waals surface area contributed by atoms with Crippen molar-refractivity contribution in [2.75, 3.05) is 4.90 Å². The van der Waals surface area contributed by atoms with Crippen molar-refractivity contribution < 1.29 is 9.59 Å². The molecule has 1 N–H and O–H groups in total. The molecule has 1 aliphatic carbocycles. The monoisotopic (exact) mass is 296 g/mol. The van der Waals surface area contributed by atoms with Crippen LogP contribution in [0.3, 0.4) is 0 Å². The fraction of sp³-hybridized carbons (Fsp3) is 0.444. The number of hydrogen-bond acceptors (Lipinski definition) is 3. The van der Waals surface area contributed by atoms with E-state index in [9.17, 15) is 9.59 Å². The predicted octanol–water partition coefficient (Wildman–Crippen LogP) is 3.00. The molecule has 1 atom stereocenters. The lowest BCUT2D eigenvalue weighted by molar-refractivity contribution is -0.118. The molecule has 0 radical (unpaired) electrons. The standard InChI is InChI=1S/C18H20N2O2/c1-18(2)9-14-11(15(21)10-18)7-8-16-19-17(22)12-5-3-4-6-13(12)20(14)16/h3-6,16H,7-10H2,1-2H3,(H,19,22). The van der Waals surface area contributed by atoms with Crippen molar-refractivity contribution in [3.63, 3.8) is 0 Å². The van der Waals surface area contributed by atoms with Crippen LogP contribution < -0.4 is 10.2 Å². The second-order valence-corrected chi connectivity index (χ2v) is 7.28. The van der Waals surface area contributed by atoms with Gasteiger partial charge in [-0.25, -0.2) is 0 Å². The van der Waals surface area contributed by atoms with Crippen LogP contribution in [0.25, 0.3) is 0 Å². The Hall–Kier alpha value is -2.10. The minimum atomic E-state index is -0.0251. The first-order chi connectivity index (χ1) is 10.5. The smallest absolute Gasteiger partial charge is 0.255 e. The first kappa shape index (κ1) is 13.6. The summed E-state index contributed by atoms with van der Waals surface area (Å²) < 4.78 is 0. The maximum absolute atomic E-state index is 12.5. The molecule has 2 heterocycles. The number of fused-ring (bicyclic) bond motifs is 4. The molecule has 4 heteroatoms. The Morgan fingerprint density at radius 2 is 1.95 bits per heavy atom. The first-order valence-electron chi connectivity index (χ1n) is 7.91. The summed E-state index contributed by atoms with van der Waals surface area (Å²) in [5.41, 5.74) is 3.71. The molecule has 0 saturated heterocycles. The van der Waals surface area contributed by atoms with E-state index in [4.69, 9.17) is 0 Å². The van der Waals surface area contributed by atoms with Crippen LogP contribution in [0.1, 0.15) is 49.9 Å². The van der Waals surface area contributed by atoms with Crippen molar-refractivity contribution in [2.24, 2.45) is 5.41 Å². The topological polar surface area (TPSA) is 49.4 Å². The summed E-state index contributed by atoms with van der Waals surface area (Å²) >= 11 is 0. The highest BCUT2D eigenvalue weighted by Crippen LogP contribution is 2.45. The van der Waals surface area contributed by atoms with E-state index in [1.807, 2.05) is 24.3 Å². The number of nitrogens with zero attached hydrogens (tertiary/aromatic N) is 1. The lowest BCUT2D eigenvalue weighted by Crippen LogP contribution is -2.55. The van der Waals surface area contributed by atoms with E-state index in [1.165, 1.54) is 0 Å². The predicted molar refractivity (Wildman–Crippen MR) is 84.5 cm³/mol. The lowest BCUT2D eigenvalue weighted by Gasteiger charge is -2.47. The van der Waals surface area contributed by atoms with Gasteiger partial charge in [-0.15, -0.1) is 0 Å². The highest BCUT2D eigenvalue weighted by atomic mass is 16.2. The summed E-state index contributed by atoms with van der Waals surface area (Å²) in [7, 11) is 0. The Bertz CT molecular complexity index is 718. The number of ketones is 1. The Morgan fingerprint density at radius 3 is 2.77 bits per heavy atom. The third kappa shape index (κ3) is 1.90. The van der Waals surface area contributed by atoms with E-state index in [2.05, 4.69) is 24.1 Å². The van der Waals surface area contributed by atoms with Crippen LogP contribution in [0.2, 0.25) is 0 Å². The molecule has 0 bridgehead atoms. The highest BCUT2D eigenvalue weighted by Gasteiger charge is 2.42. The van der Waals surface area contributed by atoms with Gasteiger partial charge in [0.1, 0.15) is 6.17 Å². The van der Waals surface area contributed by atoms with Crippen LogP contribution in [0.15, 0.2) is 35.5 Å². The Labute approximate surface area is 130 Å². The number of para-hydroxylation sites is 1. The molecule has 1 amide bonds. The molecule has 3 aliphatic rings. The molecule has 22 heavy (non-hydrogen) atoms. The zero-order valence-corrected chi connectivity index (χ0v) is 13.0. The molecule has 1 unspecified atom stereocenters. The minimum absolute atomic E-state index is 0.0118. The molecule has 1 aromatic rings. The number of carbonyl (C=O) groups excluding carboxylic acids is 2. The van der Waals surface area contributed by atoms with Gasteiger partial charge in [0, 0.05) is 17.7 Å². The molecule has 4 rings (SSSR count). The molecular weight excluding hydrogens is 276 g/mol. The van der Waals surface area contributed by atoms with Crippen LogP contribution in [0.4, 0.5) is 5.69 Å². The quantitative estimate of drug-likeness (QED) is 0.800. The van der Waals surface area contributed by atoms with Gasteiger partial charge in [0.25, 0.3) is 5.91 Å². The summed E-state index contributed by atoms with van der Waals surface area (Å²) in [6.45, 7) is 4.29. The van der Waals surface area contributed by atoms with Crippen molar-refractivity contribution in [1.29, 1.82) is 0 Å². The van der Waals surface area contributed by atoms with Crippen molar-refractivity contribution in [3.8, 4) is 0 Å². The molecule has 0 spiro atoms. The summed E-state index contributed by atoms with van der Waals surface area (Å²) in [5, 5.41) is 3.09. The van der Waals surface area contributed by atoms with Crippen molar-refractivity contribution in [1.82, 2.24) is 5.32 Å². The summed E-state index contributed by atoms with van der Waals surface area (Å²) in [5.74, 6) is 0.265. The molecule has 2 aliphatic heterocycles. The van der Waals surface area contributed by atoms with Crippen LogP contribution in [0, 0.1) is 5.41 Å². The highest BCUT2D eigenvalue weighted by molar-refractivity contribution is 6.04. The van der Waals surface area contributed by atoms with E-state index in [0.29, 0.717) is 12.0 Å². The second-order valence-electron chi connectivity index (χ2n) is 7.28. The number of rotatable bonds is 0. The molecular formula is C18H20N2O2. The van der Waals surface area contributed by atoms with Gasteiger partial charge in [0.2, 0.25) is 0 Å². The number of hydrogen-bond donors (Lipinski definition) is 1. The first-order valence-corrected chi connectivity index (χ1v) is 7.91. The van der Waals surface area contributed by atoms with Crippen LogP contribution in [-0.2, 0) is 4.79 Å². The number of nitrogens with one attached hydrogen (secondary N) is 1. The summed E-state index contributed by atoms with van der Waals surface area (Å²) in [6.07, 6.45) is 3.05.